The molecule has 16 heavy (non-hydrogen) atoms. The van der Waals surface area contributed by atoms with Crippen molar-refractivity contribution in [1.29, 1.82) is 0 Å². The van der Waals surface area contributed by atoms with Crippen LogP contribution in [-0.4, -0.2) is 4.98 Å². The van der Waals surface area contributed by atoms with Gasteiger partial charge in [0.25, 0.3) is 0 Å². The average molecular weight is 301 g/mol. The van der Waals surface area contributed by atoms with Crippen molar-refractivity contribution in [2.45, 2.75) is 13.0 Å². The molecule has 0 fully saturated rings. The third kappa shape index (κ3) is 2.80. The molecular weight excluding hydrogens is 291 g/mol. The highest BCUT2D eigenvalue weighted by Gasteiger charge is 2.09. The van der Waals surface area contributed by atoms with Crippen molar-refractivity contribution in [3.05, 3.63) is 45.1 Å². The average Bonchev–Trinajstić information content (AvgIpc) is 2.68. The van der Waals surface area contributed by atoms with Crippen LogP contribution < -0.4 is 5.32 Å². The van der Waals surface area contributed by atoms with Crippen LogP contribution in [0.25, 0.3) is 0 Å². The number of nitrogens with one attached hydrogen (secondary N) is 1. The van der Waals surface area contributed by atoms with E-state index in [1.54, 1.807) is 29.7 Å². The first-order valence-corrected chi connectivity index (χ1v) is 6.39. The highest BCUT2D eigenvalue weighted by Crippen LogP contribution is 2.26. The minimum absolute atomic E-state index is 0.113. The Hall–Kier alpha value is -0.940. The summed E-state index contributed by atoms with van der Waals surface area (Å²) in [4.78, 5) is 4.26. The Morgan fingerprint density at radius 2 is 2.06 bits per heavy atom. The van der Waals surface area contributed by atoms with Gasteiger partial charge in [0.1, 0.15) is 10.8 Å². The van der Waals surface area contributed by atoms with Crippen LogP contribution >= 0.6 is 27.3 Å². The van der Waals surface area contributed by atoms with Crippen molar-refractivity contribution in [3.63, 3.8) is 0 Å². The second kappa shape index (κ2) is 4.93. The second-order valence-corrected chi connectivity index (χ2v) is 5.82. The summed E-state index contributed by atoms with van der Waals surface area (Å²) in [6, 6.07) is 6.42. The van der Waals surface area contributed by atoms with Gasteiger partial charge in [0.2, 0.25) is 0 Å². The van der Waals surface area contributed by atoms with E-state index in [9.17, 15) is 4.39 Å². The van der Waals surface area contributed by atoms with Crippen molar-refractivity contribution < 1.29 is 4.39 Å². The first-order chi connectivity index (χ1) is 7.65. The number of hydrogen-bond acceptors (Lipinski definition) is 3. The third-order valence-corrected chi connectivity index (χ3v) is 3.75. The van der Waals surface area contributed by atoms with E-state index in [4.69, 9.17) is 0 Å². The van der Waals surface area contributed by atoms with E-state index in [0.29, 0.717) is 0 Å². The lowest BCUT2D eigenvalue weighted by molar-refractivity contribution is 0.628. The maximum Gasteiger partial charge on any atom is 0.123 e. The zero-order chi connectivity index (χ0) is 11.5. The van der Waals surface area contributed by atoms with E-state index in [2.05, 4.69) is 26.2 Å². The first kappa shape index (κ1) is 11.5. The molecule has 1 unspecified atom stereocenters. The highest BCUT2D eigenvalue weighted by atomic mass is 79.9. The molecule has 0 saturated heterocycles. The number of aromatic nitrogens is 1. The molecule has 2 rings (SSSR count). The summed E-state index contributed by atoms with van der Waals surface area (Å²) in [6.07, 6.45) is 1.78. The standard InChI is InChI=1S/C11H10BrFN2S/c1-7(11-14-6-10(12)16-11)15-9-4-2-8(13)3-5-9/h2-7,15H,1H3. The predicted octanol–water partition coefficient (Wildman–Crippen LogP) is 4.22. The number of rotatable bonds is 3. The fourth-order valence-corrected chi connectivity index (χ4v) is 2.57. The van der Waals surface area contributed by atoms with E-state index >= 15 is 0 Å². The quantitative estimate of drug-likeness (QED) is 0.918. The lowest BCUT2D eigenvalue weighted by Crippen LogP contribution is -2.05. The third-order valence-electron chi connectivity index (χ3n) is 2.09. The van der Waals surface area contributed by atoms with Gasteiger partial charge in [0, 0.05) is 5.69 Å². The van der Waals surface area contributed by atoms with Crippen LogP contribution in [0.15, 0.2) is 34.2 Å². The van der Waals surface area contributed by atoms with Crippen molar-refractivity contribution >= 4 is 33.0 Å². The zero-order valence-corrected chi connectivity index (χ0v) is 11.0. The maximum atomic E-state index is 12.7. The van der Waals surface area contributed by atoms with Crippen LogP contribution in [0.5, 0.6) is 0 Å². The Kier molecular flexibility index (Phi) is 3.56. The number of nitrogens with zero attached hydrogens (tertiary/aromatic N) is 1. The van der Waals surface area contributed by atoms with Crippen molar-refractivity contribution in [1.82, 2.24) is 4.98 Å². The fourth-order valence-electron chi connectivity index (χ4n) is 1.33. The van der Waals surface area contributed by atoms with Gasteiger partial charge in [-0.25, -0.2) is 9.37 Å². The Labute approximate surface area is 106 Å². The van der Waals surface area contributed by atoms with Gasteiger partial charge in [0.05, 0.1) is 16.0 Å². The summed E-state index contributed by atoms with van der Waals surface area (Å²) in [6.45, 7) is 2.02. The topological polar surface area (TPSA) is 24.9 Å². The molecule has 0 radical (unpaired) electrons. The van der Waals surface area contributed by atoms with Crippen molar-refractivity contribution in [2.24, 2.45) is 0 Å². The first-order valence-electron chi connectivity index (χ1n) is 4.78. The molecule has 84 valence electrons. The van der Waals surface area contributed by atoms with Crippen LogP contribution in [0.4, 0.5) is 10.1 Å². The zero-order valence-electron chi connectivity index (χ0n) is 8.58. The van der Waals surface area contributed by atoms with Crippen LogP contribution in [0.3, 0.4) is 0 Å². The predicted molar refractivity (Wildman–Crippen MR) is 68.3 cm³/mol. The molecule has 0 amide bonds. The van der Waals surface area contributed by atoms with Gasteiger partial charge in [0.15, 0.2) is 0 Å². The SMILES string of the molecule is CC(Nc1ccc(F)cc1)c1ncc(Br)s1. The Balaban J connectivity index is 2.07. The number of benzene rings is 1. The van der Waals surface area contributed by atoms with E-state index in [-0.39, 0.29) is 11.9 Å². The summed E-state index contributed by atoms with van der Waals surface area (Å²) < 4.78 is 13.7. The molecule has 0 bridgehead atoms. The molecule has 1 atom stereocenters. The molecule has 5 heteroatoms. The largest absolute Gasteiger partial charge is 0.376 e. The number of thiazole rings is 1. The fraction of sp³-hybridized carbons (Fsp3) is 0.182. The Morgan fingerprint density at radius 3 is 2.62 bits per heavy atom. The second-order valence-electron chi connectivity index (χ2n) is 3.38. The van der Waals surface area contributed by atoms with Gasteiger partial charge in [-0.15, -0.1) is 11.3 Å². The van der Waals surface area contributed by atoms with Crippen molar-refractivity contribution in [2.75, 3.05) is 5.32 Å². The molecule has 2 aromatic rings. The van der Waals surface area contributed by atoms with Gasteiger partial charge in [-0.1, -0.05) is 0 Å². The Morgan fingerprint density at radius 1 is 1.38 bits per heavy atom. The van der Waals surface area contributed by atoms with E-state index in [1.165, 1.54) is 12.1 Å². The minimum atomic E-state index is -0.227. The smallest absolute Gasteiger partial charge is 0.123 e. The van der Waals surface area contributed by atoms with Crippen molar-refractivity contribution in [3.8, 4) is 0 Å². The highest BCUT2D eigenvalue weighted by molar-refractivity contribution is 9.11. The lowest BCUT2D eigenvalue weighted by atomic mass is 10.2. The molecule has 1 aromatic heterocycles. The molecular formula is C11H10BrFN2S. The van der Waals surface area contributed by atoms with Crippen LogP contribution in [0.2, 0.25) is 0 Å². The van der Waals surface area contributed by atoms with Gasteiger partial charge in [-0.3, -0.25) is 0 Å². The summed E-state index contributed by atoms with van der Waals surface area (Å²) in [5.41, 5.74) is 0.889. The Bertz CT molecular complexity index is 469. The molecule has 0 aliphatic rings. The molecule has 0 aliphatic heterocycles. The van der Waals surface area contributed by atoms with Gasteiger partial charge >= 0.3 is 0 Å². The molecule has 1 N–H and O–H groups in total. The molecule has 0 aliphatic carbocycles. The normalized spacial score (nSPS) is 12.4. The number of hydrogen-bond donors (Lipinski definition) is 1. The van der Waals surface area contributed by atoms with Crippen LogP contribution in [0.1, 0.15) is 18.0 Å². The van der Waals surface area contributed by atoms with Gasteiger partial charge in [-0.2, -0.15) is 0 Å². The van der Waals surface area contributed by atoms with Gasteiger partial charge < -0.3 is 5.32 Å². The van der Waals surface area contributed by atoms with Crippen LogP contribution in [0, 0.1) is 5.82 Å². The summed E-state index contributed by atoms with van der Waals surface area (Å²) in [5.74, 6) is -0.227. The summed E-state index contributed by atoms with van der Waals surface area (Å²) >= 11 is 4.96. The minimum Gasteiger partial charge on any atom is -0.376 e. The van der Waals surface area contributed by atoms with Crippen LogP contribution in [-0.2, 0) is 0 Å². The molecule has 2 nitrogen and oxygen atoms in total. The monoisotopic (exact) mass is 300 g/mol. The molecule has 1 aromatic carbocycles. The number of halogens is 2. The summed E-state index contributed by atoms with van der Waals surface area (Å²) in [5, 5.41) is 4.26. The molecule has 1 heterocycles. The maximum absolute atomic E-state index is 12.7. The van der Waals surface area contributed by atoms with E-state index in [0.717, 1.165) is 14.5 Å². The summed E-state index contributed by atoms with van der Waals surface area (Å²) in [7, 11) is 0. The molecule has 0 saturated carbocycles. The van der Waals surface area contributed by atoms with Gasteiger partial charge in [-0.05, 0) is 47.1 Å². The number of anilines is 1. The van der Waals surface area contributed by atoms with E-state index in [1.807, 2.05) is 6.92 Å². The van der Waals surface area contributed by atoms with E-state index < -0.39 is 0 Å². The lowest BCUT2D eigenvalue weighted by Gasteiger charge is -2.12. The molecule has 0 spiro atoms.